The van der Waals surface area contributed by atoms with Crippen LogP contribution in [0, 0.1) is 17.7 Å². The molecule has 2 amide bonds. The van der Waals surface area contributed by atoms with Crippen molar-refractivity contribution in [1.29, 1.82) is 0 Å². The highest BCUT2D eigenvalue weighted by atomic mass is 19.1. The van der Waals surface area contributed by atoms with Gasteiger partial charge in [-0.15, -0.1) is 0 Å². The first-order valence-corrected chi connectivity index (χ1v) is 13.4. The zero-order valence-corrected chi connectivity index (χ0v) is 21.4. The predicted octanol–water partition coefficient (Wildman–Crippen LogP) is 4.33. The summed E-state index contributed by atoms with van der Waals surface area (Å²) in [4.78, 5) is 36.0. The number of para-hydroxylation sites is 1. The van der Waals surface area contributed by atoms with Gasteiger partial charge in [-0.1, -0.05) is 12.1 Å². The molecular formula is C29H35FN2O6. The molecule has 2 aliphatic carbocycles. The molecule has 2 fully saturated rings. The van der Waals surface area contributed by atoms with Gasteiger partial charge in [0.05, 0.1) is 18.1 Å². The summed E-state index contributed by atoms with van der Waals surface area (Å²) in [5, 5.41) is 14.8. The van der Waals surface area contributed by atoms with Crippen LogP contribution in [0.4, 0.5) is 4.39 Å². The average molecular weight is 527 g/mol. The van der Waals surface area contributed by atoms with E-state index >= 15 is 0 Å². The van der Waals surface area contributed by atoms with Gasteiger partial charge in [0.1, 0.15) is 5.75 Å². The van der Waals surface area contributed by atoms with Crippen molar-refractivity contribution >= 4 is 17.8 Å². The number of hydrogen-bond acceptors (Lipinski definition) is 5. The minimum atomic E-state index is -0.742. The summed E-state index contributed by atoms with van der Waals surface area (Å²) in [6.45, 7) is 0.637. The lowest BCUT2D eigenvalue weighted by Crippen LogP contribution is -2.39. The van der Waals surface area contributed by atoms with Gasteiger partial charge in [-0.3, -0.25) is 14.4 Å². The fourth-order valence-electron chi connectivity index (χ4n) is 5.08. The Labute approximate surface area is 221 Å². The molecule has 204 valence electrons. The molecule has 2 aromatic carbocycles. The van der Waals surface area contributed by atoms with Crippen LogP contribution in [0.25, 0.3) is 0 Å². The second-order valence-corrected chi connectivity index (χ2v) is 10.0. The number of ether oxygens (including phenoxy) is 2. The van der Waals surface area contributed by atoms with Gasteiger partial charge >= 0.3 is 5.97 Å². The summed E-state index contributed by atoms with van der Waals surface area (Å²) >= 11 is 0. The Hall–Kier alpha value is -3.62. The lowest BCUT2D eigenvalue weighted by Gasteiger charge is -2.28. The summed E-state index contributed by atoms with van der Waals surface area (Å²) in [5.74, 6) is -0.893. The molecule has 9 heteroatoms. The van der Waals surface area contributed by atoms with Crippen LogP contribution in [0.1, 0.15) is 61.7 Å². The zero-order chi connectivity index (χ0) is 26.9. The average Bonchev–Trinajstić information content (AvgIpc) is 2.93. The van der Waals surface area contributed by atoms with Gasteiger partial charge < -0.3 is 25.2 Å². The monoisotopic (exact) mass is 526 g/mol. The lowest BCUT2D eigenvalue weighted by molar-refractivity contribution is -0.143. The molecule has 2 aliphatic rings. The van der Waals surface area contributed by atoms with Gasteiger partial charge in [0, 0.05) is 24.6 Å². The molecule has 3 N–H and O–H groups in total. The maximum Gasteiger partial charge on any atom is 0.306 e. The lowest BCUT2D eigenvalue weighted by atomic mass is 9.86. The minimum Gasteiger partial charge on any atom is -0.490 e. The molecule has 8 nitrogen and oxygen atoms in total. The van der Waals surface area contributed by atoms with Gasteiger partial charge in [0.2, 0.25) is 5.91 Å². The number of nitrogens with one attached hydrogen (secondary N) is 2. The van der Waals surface area contributed by atoms with Crippen molar-refractivity contribution in [3.05, 3.63) is 59.9 Å². The fraction of sp³-hybridized carbons (Fsp3) is 0.483. The van der Waals surface area contributed by atoms with Crippen LogP contribution < -0.4 is 20.1 Å². The second kappa shape index (κ2) is 13.3. The van der Waals surface area contributed by atoms with E-state index in [0.717, 1.165) is 0 Å². The summed E-state index contributed by atoms with van der Waals surface area (Å²) in [6, 6.07) is 13.2. The van der Waals surface area contributed by atoms with E-state index in [9.17, 15) is 18.8 Å². The maximum absolute atomic E-state index is 13.8. The normalized spacial score (nSPS) is 23.2. The Morgan fingerprint density at radius 3 is 1.97 bits per heavy atom. The number of aliphatic carboxylic acids is 1. The Kier molecular flexibility index (Phi) is 9.56. The number of benzene rings is 2. The van der Waals surface area contributed by atoms with E-state index in [2.05, 4.69) is 10.6 Å². The van der Waals surface area contributed by atoms with Crippen molar-refractivity contribution in [2.75, 3.05) is 13.1 Å². The smallest absolute Gasteiger partial charge is 0.306 e. The van der Waals surface area contributed by atoms with Crippen LogP contribution in [-0.4, -0.2) is 48.2 Å². The third-order valence-electron chi connectivity index (χ3n) is 7.33. The molecule has 0 radical (unpaired) electrons. The molecule has 0 aliphatic heterocycles. The third-order valence-corrected chi connectivity index (χ3v) is 7.33. The predicted molar refractivity (Wildman–Crippen MR) is 139 cm³/mol. The molecule has 0 bridgehead atoms. The highest BCUT2D eigenvalue weighted by Gasteiger charge is 2.28. The van der Waals surface area contributed by atoms with E-state index in [1.807, 2.05) is 0 Å². The van der Waals surface area contributed by atoms with E-state index in [1.165, 1.54) is 6.07 Å². The van der Waals surface area contributed by atoms with Gasteiger partial charge in [-0.25, -0.2) is 4.39 Å². The minimum absolute atomic E-state index is 0.0108. The van der Waals surface area contributed by atoms with E-state index in [1.54, 1.807) is 42.5 Å². The van der Waals surface area contributed by atoms with Crippen LogP contribution in [0.5, 0.6) is 11.5 Å². The number of hydrogen-bond donors (Lipinski definition) is 3. The topological polar surface area (TPSA) is 114 Å². The van der Waals surface area contributed by atoms with Crippen molar-refractivity contribution in [3.8, 4) is 11.5 Å². The highest BCUT2D eigenvalue weighted by Crippen LogP contribution is 2.29. The van der Waals surface area contributed by atoms with Crippen LogP contribution in [0.3, 0.4) is 0 Å². The van der Waals surface area contributed by atoms with Crippen LogP contribution >= 0.6 is 0 Å². The van der Waals surface area contributed by atoms with Gasteiger partial charge in [-0.2, -0.15) is 0 Å². The van der Waals surface area contributed by atoms with Crippen LogP contribution in [0.2, 0.25) is 0 Å². The number of amides is 2. The van der Waals surface area contributed by atoms with E-state index < -0.39 is 5.97 Å². The molecule has 0 heterocycles. The number of carbonyl (C=O) groups excluding carboxylic acids is 2. The summed E-state index contributed by atoms with van der Waals surface area (Å²) < 4.78 is 25.5. The molecular weight excluding hydrogens is 491 g/mol. The molecule has 38 heavy (non-hydrogen) atoms. The number of rotatable bonds is 10. The van der Waals surface area contributed by atoms with Crippen LogP contribution in [0.15, 0.2) is 48.5 Å². The zero-order valence-electron chi connectivity index (χ0n) is 21.4. The van der Waals surface area contributed by atoms with Gasteiger partial charge in [0.15, 0.2) is 11.6 Å². The molecule has 4 rings (SSSR count). The Morgan fingerprint density at radius 2 is 1.34 bits per heavy atom. The molecule has 2 aromatic rings. The quantitative estimate of drug-likeness (QED) is 0.397. The SMILES string of the molecule is O=C(NCCNC(=O)C1CCC(Oc2ccccc2F)CC1)c1ccc(OC2CCC(C(=O)O)CC2)cc1. The maximum atomic E-state index is 13.8. The molecule has 0 aromatic heterocycles. The van der Waals surface area contributed by atoms with Crippen molar-refractivity contribution < 1.29 is 33.4 Å². The summed E-state index contributed by atoms with van der Waals surface area (Å²) in [5.41, 5.74) is 0.492. The molecule has 0 atom stereocenters. The molecule has 0 saturated heterocycles. The summed E-state index contributed by atoms with van der Waals surface area (Å²) in [6.07, 6.45) is 5.24. The number of carbonyl (C=O) groups is 3. The Morgan fingerprint density at radius 1 is 0.763 bits per heavy atom. The van der Waals surface area contributed by atoms with E-state index in [-0.39, 0.29) is 47.4 Å². The third kappa shape index (κ3) is 7.69. The molecule has 2 saturated carbocycles. The summed E-state index contributed by atoms with van der Waals surface area (Å²) in [7, 11) is 0. The van der Waals surface area contributed by atoms with Gasteiger partial charge in [0.25, 0.3) is 5.91 Å². The largest absolute Gasteiger partial charge is 0.490 e. The molecule has 0 spiro atoms. The Bertz CT molecular complexity index is 1090. The number of carboxylic acid groups (broad SMARTS) is 1. The fourth-order valence-corrected chi connectivity index (χ4v) is 5.08. The highest BCUT2D eigenvalue weighted by molar-refractivity contribution is 5.94. The van der Waals surface area contributed by atoms with Gasteiger partial charge in [-0.05, 0) is 87.8 Å². The van der Waals surface area contributed by atoms with Crippen LogP contribution in [-0.2, 0) is 9.59 Å². The first-order valence-electron chi connectivity index (χ1n) is 13.4. The van der Waals surface area contributed by atoms with E-state index in [0.29, 0.717) is 75.8 Å². The van der Waals surface area contributed by atoms with E-state index in [4.69, 9.17) is 14.6 Å². The standard InChI is InChI=1S/C29H35FN2O6/c30-25-3-1-2-4-26(25)38-24-13-7-20(8-14-24)28(34)32-18-17-31-27(33)19-5-11-22(12-6-19)37-23-15-9-21(10-16-23)29(35)36/h1-6,11-12,20-21,23-24H,7-10,13-18H2,(H,31,33)(H,32,34)(H,35,36). The van der Waals surface area contributed by atoms with Crippen molar-refractivity contribution in [2.24, 2.45) is 11.8 Å². The first-order chi connectivity index (χ1) is 18.4. The first kappa shape index (κ1) is 27.4. The number of carboxylic acids is 1. The second-order valence-electron chi connectivity index (χ2n) is 10.0. The van der Waals surface area contributed by atoms with Crippen molar-refractivity contribution in [1.82, 2.24) is 10.6 Å². The molecule has 0 unspecified atom stereocenters. The number of halogens is 1. The van der Waals surface area contributed by atoms with Crippen molar-refractivity contribution in [3.63, 3.8) is 0 Å². The van der Waals surface area contributed by atoms with Crippen molar-refractivity contribution in [2.45, 2.75) is 63.6 Å². The Balaban J connectivity index is 1.11.